The van der Waals surface area contributed by atoms with Gasteiger partial charge >= 0.3 is 0 Å². The van der Waals surface area contributed by atoms with Crippen molar-refractivity contribution in [3.05, 3.63) is 30.6 Å². The highest BCUT2D eigenvalue weighted by molar-refractivity contribution is 7.90. The highest BCUT2D eigenvalue weighted by atomic mass is 32.2. The van der Waals surface area contributed by atoms with Gasteiger partial charge in [-0.2, -0.15) is 4.98 Å². The maximum atomic E-state index is 11.5. The molecule has 0 atom stereocenters. The van der Waals surface area contributed by atoms with E-state index in [0.717, 1.165) is 6.26 Å². The molecule has 0 amide bonds. The Labute approximate surface area is 121 Å². The average Bonchev–Trinajstić information content (AvgIpc) is 2.46. The summed E-state index contributed by atoms with van der Waals surface area (Å²) >= 11 is 0. The van der Waals surface area contributed by atoms with Gasteiger partial charge in [-0.3, -0.25) is 0 Å². The van der Waals surface area contributed by atoms with Crippen LogP contribution in [0.3, 0.4) is 0 Å². The summed E-state index contributed by atoms with van der Waals surface area (Å²) in [5, 5.41) is 0. The molecular formula is C12H14N4O4S. The van der Waals surface area contributed by atoms with Gasteiger partial charge in [0, 0.05) is 6.26 Å². The number of benzene rings is 1. The van der Waals surface area contributed by atoms with Crippen LogP contribution in [-0.2, 0) is 9.84 Å². The molecule has 0 radical (unpaired) electrons. The molecule has 3 N–H and O–H groups in total. The highest BCUT2D eigenvalue weighted by Crippen LogP contribution is 2.34. The first-order chi connectivity index (χ1) is 9.95. The Bertz CT molecular complexity index is 749. The van der Waals surface area contributed by atoms with Crippen LogP contribution >= 0.6 is 0 Å². The third-order valence-corrected chi connectivity index (χ3v) is 3.67. The fraction of sp³-hybridized carbons (Fsp3) is 0.167. The maximum absolute atomic E-state index is 11.5. The van der Waals surface area contributed by atoms with E-state index in [4.69, 9.17) is 15.3 Å². The summed E-state index contributed by atoms with van der Waals surface area (Å²) in [5.74, 6) is 6.20. The molecule has 9 heteroatoms. The van der Waals surface area contributed by atoms with Crippen LogP contribution in [-0.4, -0.2) is 31.8 Å². The number of nitrogen functional groups attached to an aromatic ring is 1. The Kier molecular flexibility index (Phi) is 4.24. The number of nitrogens with zero attached hydrogens (tertiary/aromatic N) is 2. The Balaban J connectivity index is 2.39. The van der Waals surface area contributed by atoms with E-state index in [0.29, 0.717) is 5.75 Å². The smallest absolute Gasteiger partial charge is 0.268 e. The number of methoxy groups -OCH3 is 1. The Morgan fingerprint density at radius 2 is 2.05 bits per heavy atom. The van der Waals surface area contributed by atoms with E-state index in [1.807, 2.05) is 0 Å². The fourth-order valence-electron chi connectivity index (χ4n) is 1.60. The van der Waals surface area contributed by atoms with Crippen molar-refractivity contribution in [3.63, 3.8) is 0 Å². The molecule has 0 fully saturated rings. The monoisotopic (exact) mass is 310 g/mol. The summed E-state index contributed by atoms with van der Waals surface area (Å²) in [7, 11) is -1.91. The lowest BCUT2D eigenvalue weighted by molar-refractivity contribution is 0.368. The average molecular weight is 310 g/mol. The molecule has 1 heterocycles. The minimum atomic E-state index is -3.32. The van der Waals surface area contributed by atoms with Crippen molar-refractivity contribution in [1.29, 1.82) is 0 Å². The third-order valence-electron chi connectivity index (χ3n) is 2.56. The predicted octanol–water partition coefficient (Wildman–Crippen LogP) is 0.967. The number of sulfone groups is 1. The van der Waals surface area contributed by atoms with Gasteiger partial charge in [0.05, 0.1) is 12.0 Å². The Hall–Kier alpha value is -2.39. The number of rotatable bonds is 5. The van der Waals surface area contributed by atoms with Crippen LogP contribution in [0.1, 0.15) is 0 Å². The minimum absolute atomic E-state index is 0.117. The zero-order valence-electron chi connectivity index (χ0n) is 11.4. The van der Waals surface area contributed by atoms with Crippen LogP contribution in [0.15, 0.2) is 35.5 Å². The third kappa shape index (κ3) is 3.38. The zero-order chi connectivity index (χ0) is 15.5. The lowest BCUT2D eigenvalue weighted by atomic mass is 10.3. The van der Waals surface area contributed by atoms with E-state index >= 15 is 0 Å². The van der Waals surface area contributed by atoms with Gasteiger partial charge < -0.3 is 14.9 Å². The number of anilines is 1. The van der Waals surface area contributed by atoms with Crippen molar-refractivity contribution >= 4 is 15.7 Å². The second kappa shape index (κ2) is 5.94. The van der Waals surface area contributed by atoms with Crippen molar-refractivity contribution in [2.75, 3.05) is 18.8 Å². The number of aromatic nitrogens is 2. The molecular weight excluding hydrogens is 296 g/mol. The van der Waals surface area contributed by atoms with Crippen LogP contribution < -0.4 is 20.7 Å². The number of hydrogen-bond donors (Lipinski definition) is 2. The molecule has 0 unspecified atom stereocenters. The predicted molar refractivity (Wildman–Crippen MR) is 76.0 cm³/mol. The molecule has 0 spiro atoms. The molecule has 0 aliphatic heterocycles. The van der Waals surface area contributed by atoms with E-state index < -0.39 is 9.84 Å². The van der Waals surface area contributed by atoms with Crippen LogP contribution in [0.2, 0.25) is 0 Å². The number of ether oxygens (including phenoxy) is 2. The van der Waals surface area contributed by atoms with Crippen LogP contribution in [0.25, 0.3) is 0 Å². The second-order valence-electron chi connectivity index (χ2n) is 4.05. The van der Waals surface area contributed by atoms with E-state index in [1.54, 1.807) is 12.1 Å². The number of hydrazine groups is 1. The van der Waals surface area contributed by atoms with Crippen LogP contribution in [0, 0.1) is 0 Å². The molecule has 2 rings (SSSR count). The first kappa shape index (κ1) is 15.0. The largest absolute Gasteiger partial charge is 0.489 e. The lowest BCUT2D eigenvalue weighted by Gasteiger charge is -2.11. The molecule has 2 aromatic rings. The molecule has 21 heavy (non-hydrogen) atoms. The van der Waals surface area contributed by atoms with Gasteiger partial charge in [0.2, 0.25) is 5.75 Å². The molecule has 1 aromatic heterocycles. The van der Waals surface area contributed by atoms with E-state index in [2.05, 4.69) is 15.4 Å². The van der Waals surface area contributed by atoms with Crippen molar-refractivity contribution in [2.45, 2.75) is 4.90 Å². The van der Waals surface area contributed by atoms with E-state index in [1.165, 1.54) is 25.6 Å². The summed E-state index contributed by atoms with van der Waals surface area (Å²) < 4.78 is 33.7. The zero-order valence-corrected chi connectivity index (χ0v) is 12.2. The highest BCUT2D eigenvalue weighted by Gasteiger charge is 2.15. The SMILES string of the molecule is COc1c(NN)ncnc1Oc1cccc(S(C)(=O)=O)c1. The Morgan fingerprint density at radius 1 is 1.29 bits per heavy atom. The van der Waals surface area contributed by atoms with Gasteiger partial charge in [0.25, 0.3) is 5.88 Å². The molecule has 1 aromatic carbocycles. The van der Waals surface area contributed by atoms with Crippen LogP contribution in [0.5, 0.6) is 17.4 Å². The normalized spacial score (nSPS) is 11.0. The maximum Gasteiger partial charge on any atom is 0.268 e. The van der Waals surface area contributed by atoms with Crippen molar-refractivity contribution in [3.8, 4) is 17.4 Å². The van der Waals surface area contributed by atoms with Gasteiger partial charge in [0.15, 0.2) is 15.7 Å². The summed E-state index contributed by atoms with van der Waals surface area (Å²) in [6.07, 6.45) is 2.36. The number of nitrogens with one attached hydrogen (secondary N) is 1. The number of nitrogens with two attached hydrogens (primary N) is 1. The van der Waals surface area contributed by atoms with Gasteiger partial charge in [-0.25, -0.2) is 19.2 Å². The summed E-state index contributed by atoms with van der Waals surface area (Å²) in [5.41, 5.74) is 2.36. The summed E-state index contributed by atoms with van der Waals surface area (Å²) in [6.45, 7) is 0. The van der Waals surface area contributed by atoms with Gasteiger partial charge in [-0.15, -0.1) is 0 Å². The van der Waals surface area contributed by atoms with Crippen molar-refractivity contribution in [2.24, 2.45) is 5.84 Å². The molecule has 0 saturated carbocycles. The molecule has 0 aliphatic carbocycles. The molecule has 0 aliphatic rings. The van der Waals surface area contributed by atoms with Crippen molar-refractivity contribution in [1.82, 2.24) is 9.97 Å². The van der Waals surface area contributed by atoms with Gasteiger partial charge in [-0.05, 0) is 18.2 Å². The standard InChI is InChI=1S/C12H14N4O4S/c1-19-10-11(16-13)14-7-15-12(10)20-8-4-3-5-9(6-8)21(2,17)18/h3-7H,13H2,1-2H3,(H,14,15,16). The fourth-order valence-corrected chi connectivity index (χ4v) is 2.25. The second-order valence-corrected chi connectivity index (χ2v) is 6.07. The summed E-state index contributed by atoms with van der Waals surface area (Å²) in [4.78, 5) is 7.96. The number of hydrogen-bond acceptors (Lipinski definition) is 8. The van der Waals surface area contributed by atoms with Crippen LogP contribution in [0.4, 0.5) is 5.82 Å². The summed E-state index contributed by atoms with van der Waals surface area (Å²) in [6, 6.07) is 6.05. The quantitative estimate of drug-likeness (QED) is 0.619. The molecule has 0 bridgehead atoms. The minimum Gasteiger partial charge on any atom is -0.489 e. The molecule has 8 nitrogen and oxygen atoms in total. The first-order valence-corrected chi connectivity index (χ1v) is 7.68. The Morgan fingerprint density at radius 3 is 2.67 bits per heavy atom. The van der Waals surface area contributed by atoms with Gasteiger partial charge in [0.1, 0.15) is 12.1 Å². The lowest BCUT2D eigenvalue weighted by Crippen LogP contribution is -2.11. The first-order valence-electron chi connectivity index (χ1n) is 5.79. The molecule has 0 saturated heterocycles. The van der Waals surface area contributed by atoms with Gasteiger partial charge in [-0.1, -0.05) is 6.07 Å². The molecule has 112 valence electrons. The van der Waals surface area contributed by atoms with Crippen molar-refractivity contribution < 1.29 is 17.9 Å². The topological polar surface area (TPSA) is 116 Å². The van der Waals surface area contributed by atoms with E-state index in [9.17, 15) is 8.42 Å². The van der Waals surface area contributed by atoms with E-state index in [-0.39, 0.29) is 22.3 Å².